The SMILES string of the molecule is Cc1nc2sccn2c1CCC=O. The third-order valence-corrected chi connectivity index (χ3v) is 2.82. The molecule has 0 saturated carbocycles. The molecule has 0 fully saturated rings. The third kappa shape index (κ3) is 1.37. The zero-order valence-corrected chi connectivity index (χ0v) is 8.17. The normalized spacial score (nSPS) is 10.8. The van der Waals surface area contributed by atoms with Gasteiger partial charge in [-0.25, -0.2) is 4.98 Å². The van der Waals surface area contributed by atoms with Crippen LogP contribution < -0.4 is 0 Å². The Labute approximate surface area is 80.0 Å². The molecule has 2 heterocycles. The maximum absolute atomic E-state index is 10.3. The Morgan fingerprint density at radius 2 is 2.54 bits per heavy atom. The molecule has 2 rings (SSSR count). The van der Waals surface area contributed by atoms with E-state index in [-0.39, 0.29) is 0 Å². The summed E-state index contributed by atoms with van der Waals surface area (Å²) in [6, 6.07) is 0. The molecular weight excluding hydrogens is 184 g/mol. The van der Waals surface area contributed by atoms with Crippen molar-refractivity contribution in [1.29, 1.82) is 0 Å². The number of imidazole rings is 1. The molecule has 3 nitrogen and oxygen atoms in total. The maximum Gasteiger partial charge on any atom is 0.194 e. The van der Waals surface area contributed by atoms with Gasteiger partial charge in [0.05, 0.1) is 5.69 Å². The minimum atomic E-state index is 0.574. The molecule has 0 spiro atoms. The fourth-order valence-electron chi connectivity index (χ4n) is 1.44. The molecule has 0 N–H and O–H groups in total. The third-order valence-electron chi connectivity index (χ3n) is 2.06. The highest BCUT2D eigenvalue weighted by molar-refractivity contribution is 7.15. The van der Waals surface area contributed by atoms with Crippen LogP contribution in [0.1, 0.15) is 17.8 Å². The monoisotopic (exact) mass is 194 g/mol. The smallest absolute Gasteiger partial charge is 0.194 e. The van der Waals surface area contributed by atoms with Gasteiger partial charge in [-0.2, -0.15) is 0 Å². The number of hydrogen-bond donors (Lipinski definition) is 0. The molecule has 0 aliphatic rings. The van der Waals surface area contributed by atoms with Gasteiger partial charge in [0.1, 0.15) is 6.29 Å². The van der Waals surface area contributed by atoms with Gasteiger partial charge in [0.2, 0.25) is 0 Å². The van der Waals surface area contributed by atoms with Crippen LogP contribution in [-0.2, 0) is 11.2 Å². The van der Waals surface area contributed by atoms with E-state index in [9.17, 15) is 4.79 Å². The van der Waals surface area contributed by atoms with E-state index in [0.717, 1.165) is 29.1 Å². The molecule has 4 heteroatoms. The van der Waals surface area contributed by atoms with Crippen LogP contribution in [0.5, 0.6) is 0 Å². The van der Waals surface area contributed by atoms with Gasteiger partial charge in [-0.1, -0.05) is 0 Å². The van der Waals surface area contributed by atoms with Crippen molar-refractivity contribution >= 4 is 22.6 Å². The largest absolute Gasteiger partial charge is 0.303 e. The number of nitrogens with zero attached hydrogens (tertiary/aromatic N) is 2. The first-order valence-corrected chi connectivity index (χ1v) is 5.05. The van der Waals surface area contributed by atoms with E-state index >= 15 is 0 Å². The predicted molar refractivity (Wildman–Crippen MR) is 52.2 cm³/mol. The number of rotatable bonds is 3. The topological polar surface area (TPSA) is 34.4 Å². The molecule has 2 aromatic rings. The lowest BCUT2D eigenvalue weighted by Crippen LogP contribution is -1.93. The highest BCUT2D eigenvalue weighted by Gasteiger charge is 2.07. The van der Waals surface area contributed by atoms with Gasteiger partial charge in [0.15, 0.2) is 4.96 Å². The summed E-state index contributed by atoms with van der Waals surface area (Å²) in [5.41, 5.74) is 2.19. The minimum absolute atomic E-state index is 0.574. The molecule has 0 aromatic carbocycles. The van der Waals surface area contributed by atoms with Gasteiger partial charge < -0.3 is 4.79 Å². The van der Waals surface area contributed by atoms with Crippen molar-refractivity contribution in [3.05, 3.63) is 23.0 Å². The number of fused-ring (bicyclic) bond motifs is 1. The van der Waals surface area contributed by atoms with Crippen molar-refractivity contribution in [2.24, 2.45) is 0 Å². The Bertz CT molecular complexity index is 430. The lowest BCUT2D eigenvalue weighted by atomic mass is 10.2. The standard InChI is InChI=1S/C9H10N2OS/c1-7-8(3-2-5-12)11-4-6-13-9(11)10-7/h4-6H,2-3H2,1H3. The highest BCUT2D eigenvalue weighted by atomic mass is 32.1. The molecule has 0 amide bonds. The molecule has 0 saturated heterocycles. The average Bonchev–Trinajstić information content (AvgIpc) is 2.62. The fourth-order valence-corrected chi connectivity index (χ4v) is 2.22. The molecular formula is C9H10N2OS. The second-order valence-electron chi connectivity index (χ2n) is 2.90. The zero-order chi connectivity index (χ0) is 9.26. The molecule has 68 valence electrons. The van der Waals surface area contributed by atoms with Gasteiger partial charge in [-0.05, 0) is 13.3 Å². The van der Waals surface area contributed by atoms with Crippen LogP contribution in [-0.4, -0.2) is 15.7 Å². The summed E-state index contributed by atoms with van der Waals surface area (Å²) in [6.07, 6.45) is 4.31. The Morgan fingerprint density at radius 3 is 3.31 bits per heavy atom. The van der Waals surface area contributed by atoms with E-state index in [2.05, 4.69) is 9.38 Å². The van der Waals surface area contributed by atoms with Gasteiger partial charge in [-0.3, -0.25) is 4.40 Å². The van der Waals surface area contributed by atoms with E-state index in [4.69, 9.17) is 0 Å². The van der Waals surface area contributed by atoms with Crippen molar-refractivity contribution in [2.75, 3.05) is 0 Å². The van der Waals surface area contributed by atoms with Crippen LogP contribution in [0.15, 0.2) is 11.6 Å². The van der Waals surface area contributed by atoms with Crippen molar-refractivity contribution in [3.8, 4) is 0 Å². The first-order valence-electron chi connectivity index (χ1n) is 4.17. The van der Waals surface area contributed by atoms with E-state index in [1.165, 1.54) is 0 Å². The molecule has 0 aliphatic carbocycles. The highest BCUT2D eigenvalue weighted by Crippen LogP contribution is 2.17. The summed E-state index contributed by atoms with van der Waals surface area (Å²) in [5, 5.41) is 2.01. The Balaban J connectivity index is 2.44. The zero-order valence-electron chi connectivity index (χ0n) is 7.36. The van der Waals surface area contributed by atoms with E-state index in [1.807, 2.05) is 18.5 Å². The second-order valence-corrected chi connectivity index (χ2v) is 3.78. The van der Waals surface area contributed by atoms with Gasteiger partial charge in [-0.15, -0.1) is 11.3 Å². The summed E-state index contributed by atoms with van der Waals surface area (Å²) in [5.74, 6) is 0. The van der Waals surface area contributed by atoms with Crippen LogP contribution in [0.25, 0.3) is 4.96 Å². The van der Waals surface area contributed by atoms with Crippen molar-refractivity contribution in [3.63, 3.8) is 0 Å². The van der Waals surface area contributed by atoms with E-state index < -0.39 is 0 Å². The average molecular weight is 194 g/mol. The van der Waals surface area contributed by atoms with Gasteiger partial charge in [0, 0.05) is 23.7 Å². The first kappa shape index (κ1) is 8.44. The van der Waals surface area contributed by atoms with Crippen molar-refractivity contribution in [1.82, 2.24) is 9.38 Å². The summed E-state index contributed by atoms with van der Waals surface area (Å²) in [6.45, 7) is 1.99. The van der Waals surface area contributed by atoms with Gasteiger partial charge in [0.25, 0.3) is 0 Å². The van der Waals surface area contributed by atoms with Gasteiger partial charge >= 0.3 is 0 Å². The lowest BCUT2D eigenvalue weighted by molar-refractivity contribution is -0.107. The fraction of sp³-hybridized carbons (Fsp3) is 0.333. The first-order chi connectivity index (χ1) is 6.33. The van der Waals surface area contributed by atoms with Crippen LogP contribution in [0, 0.1) is 6.92 Å². The maximum atomic E-state index is 10.3. The number of thiazole rings is 1. The molecule has 0 radical (unpaired) electrons. The molecule has 13 heavy (non-hydrogen) atoms. The number of carbonyl (C=O) groups excluding carboxylic acids is 1. The number of aldehydes is 1. The summed E-state index contributed by atoms with van der Waals surface area (Å²) in [7, 11) is 0. The van der Waals surface area contributed by atoms with Crippen LogP contribution >= 0.6 is 11.3 Å². The molecule has 0 unspecified atom stereocenters. The summed E-state index contributed by atoms with van der Waals surface area (Å²) >= 11 is 1.62. The van der Waals surface area contributed by atoms with Crippen LogP contribution in [0.2, 0.25) is 0 Å². The Kier molecular flexibility index (Phi) is 2.14. The lowest BCUT2D eigenvalue weighted by Gasteiger charge is -1.95. The van der Waals surface area contributed by atoms with Crippen LogP contribution in [0.3, 0.4) is 0 Å². The van der Waals surface area contributed by atoms with E-state index in [1.54, 1.807) is 11.3 Å². The van der Waals surface area contributed by atoms with Crippen LogP contribution in [0.4, 0.5) is 0 Å². The number of hydrogen-bond acceptors (Lipinski definition) is 3. The van der Waals surface area contributed by atoms with Crippen molar-refractivity contribution < 1.29 is 4.79 Å². The molecule has 0 aliphatic heterocycles. The number of carbonyl (C=O) groups is 1. The summed E-state index contributed by atoms with van der Waals surface area (Å²) < 4.78 is 2.06. The number of aryl methyl sites for hydroxylation is 2. The quantitative estimate of drug-likeness (QED) is 0.699. The Hall–Kier alpha value is -1.16. The minimum Gasteiger partial charge on any atom is -0.303 e. The Morgan fingerprint density at radius 1 is 1.69 bits per heavy atom. The number of aromatic nitrogens is 2. The second kappa shape index (κ2) is 3.30. The predicted octanol–water partition coefficient (Wildman–Crippen LogP) is 1.84. The van der Waals surface area contributed by atoms with Crippen molar-refractivity contribution in [2.45, 2.75) is 19.8 Å². The van der Waals surface area contributed by atoms with E-state index in [0.29, 0.717) is 6.42 Å². The molecule has 0 atom stereocenters. The molecule has 0 bridgehead atoms. The summed E-state index contributed by atoms with van der Waals surface area (Å²) in [4.78, 5) is 15.7. The molecule has 2 aromatic heterocycles.